The molecule has 0 spiro atoms. The number of piperidine rings is 1. The van der Waals surface area contributed by atoms with Crippen LogP contribution in [0, 0.1) is 0 Å². The largest absolute Gasteiger partial charge is 0.393 e. The van der Waals surface area contributed by atoms with Crippen LogP contribution in [0.4, 0.5) is 5.69 Å². The van der Waals surface area contributed by atoms with Gasteiger partial charge in [-0.2, -0.15) is 0 Å². The number of carbonyl (C=O) groups is 2. The van der Waals surface area contributed by atoms with E-state index in [-0.39, 0.29) is 17.9 Å². The molecule has 0 saturated carbocycles. The van der Waals surface area contributed by atoms with Gasteiger partial charge in [0.2, 0.25) is 0 Å². The molecule has 0 unspecified atom stereocenters. The number of anilines is 1. The van der Waals surface area contributed by atoms with Crippen LogP contribution in [0.1, 0.15) is 33.6 Å². The molecule has 1 aliphatic heterocycles. The molecule has 1 saturated heterocycles. The van der Waals surface area contributed by atoms with E-state index in [1.54, 1.807) is 29.2 Å². The lowest BCUT2D eigenvalue weighted by Gasteiger charge is -2.29. The zero-order chi connectivity index (χ0) is 16.9. The molecule has 0 aromatic heterocycles. The van der Waals surface area contributed by atoms with Gasteiger partial charge >= 0.3 is 0 Å². The van der Waals surface area contributed by atoms with Gasteiger partial charge in [0, 0.05) is 29.9 Å². The topological polar surface area (TPSA) is 69.6 Å². The Morgan fingerprint density at radius 1 is 0.917 bits per heavy atom. The highest BCUT2D eigenvalue weighted by Crippen LogP contribution is 2.15. The Morgan fingerprint density at radius 2 is 1.50 bits per heavy atom. The summed E-state index contributed by atoms with van der Waals surface area (Å²) in [5, 5.41) is 12.3. The normalized spacial score (nSPS) is 15.1. The number of para-hydroxylation sites is 1. The predicted molar refractivity (Wildman–Crippen MR) is 92.0 cm³/mol. The molecule has 24 heavy (non-hydrogen) atoms. The molecule has 3 rings (SSSR count). The lowest BCUT2D eigenvalue weighted by Crippen LogP contribution is -2.40. The van der Waals surface area contributed by atoms with Crippen molar-refractivity contribution in [2.24, 2.45) is 0 Å². The second-order valence-corrected chi connectivity index (χ2v) is 5.92. The number of aliphatic hydroxyl groups excluding tert-OH is 1. The molecule has 1 aliphatic rings. The third-order valence-electron chi connectivity index (χ3n) is 4.18. The molecule has 0 aliphatic carbocycles. The Morgan fingerprint density at radius 3 is 2.12 bits per heavy atom. The number of hydrogen-bond acceptors (Lipinski definition) is 3. The fourth-order valence-corrected chi connectivity index (χ4v) is 2.74. The van der Waals surface area contributed by atoms with E-state index in [1.165, 1.54) is 0 Å². The Balaban J connectivity index is 1.64. The molecular formula is C19H20N2O3. The molecule has 2 N–H and O–H groups in total. The van der Waals surface area contributed by atoms with Crippen LogP contribution in [0.5, 0.6) is 0 Å². The van der Waals surface area contributed by atoms with E-state index in [1.807, 2.05) is 30.3 Å². The maximum absolute atomic E-state index is 12.4. The van der Waals surface area contributed by atoms with Gasteiger partial charge in [-0.05, 0) is 49.2 Å². The Bertz CT molecular complexity index is 705. The van der Waals surface area contributed by atoms with Crippen molar-refractivity contribution in [2.75, 3.05) is 18.4 Å². The Kier molecular flexibility index (Phi) is 4.91. The van der Waals surface area contributed by atoms with Crippen molar-refractivity contribution in [2.45, 2.75) is 18.9 Å². The minimum Gasteiger partial charge on any atom is -0.393 e. The van der Waals surface area contributed by atoms with E-state index in [0.29, 0.717) is 37.1 Å². The summed E-state index contributed by atoms with van der Waals surface area (Å²) < 4.78 is 0. The summed E-state index contributed by atoms with van der Waals surface area (Å²) in [5.74, 6) is -0.266. The average molecular weight is 324 g/mol. The predicted octanol–water partition coefficient (Wildman–Crippen LogP) is 2.54. The van der Waals surface area contributed by atoms with Crippen LogP contribution in [0.2, 0.25) is 0 Å². The number of hydrogen-bond donors (Lipinski definition) is 2. The highest BCUT2D eigenvalue weighted by atomic mass is 16.3. The fraction of sp³-hybridized carbons (Fsp3) is 0.263. The van der Waals surface area contributed by atoms with Crippen molar-refractivity contribution in [3.63, 3.8) is 0 Å². The second kappa shape index (κ2) is 7.27. The molecule has 2 amide bonds. The third-order valence-corrected chi connectivity index (χ3v) is 4.18. The Hall–Kier alpha value is -2.66. The first-order valence-electron chi connectivity index (χ1n) is 8.07. The number of benzene rings is 2. The zero-order valence-corrected chi connectivity index (χ0v) is 13.3. The van der Waals surface area contributed by atoms with E-state index in [2.05, 4.69) is 5.32 Å². The van der Waals surface area contributed by atoms with Gasteiger partial charge in [-0.15, -0.1) is 0 Å². The third kappa shape index (κ3) is 3.81. The molecule has 124 valence electrons. The number of nitrogens with zero attached hydrogens (tertiary/aromatic N) is 1. The van der Waals surface area contributed by atoms with Crippen LogP contribution in [0.15, 0.2) is 54.6 Å². The molecule has 5 heteroatoms. The number of rotatable bonds is 3. The number of amides is 2. The summed E-state index contributed by atoms with van der Waals surface area (Å²) in [6, 6.07) is 15.9. The molecule has 0 bridgehead atoms. The highest BCUT2D eigenvalue weighted by molar-refractivity contribution is 6.05. The molecule has 2 aromatic rings. The van der Waals surface area contributed by atoms with Gasteiger partial charge in [0.1, 0.15) is 0 Å². The van der Waals surface area contributed by atoms with Crippen molar-refractivity contribution in [1.82, 2.24) is 4.90 Å². The minimum absolute atomic E-state index is 0.0584. The van der Waals surface area contributed by atoms with Crippen molar-refractivity contribution in [3.8, 4) is 0 Å². The lowest BCUT2D eigenvalue weighted by molar-refractivity contribution is 0.0546. The zero-order valence-electron chi connectivity index (χ0n) is 13.3. The first-order valence-corrected chi connectivity index (χ1v) is 8.07. The molecule has 1 fully saturated rings. The fourth-order valence-electron chi connectivity index (χ4n) is 2.74. The summed E-state index contributed by atoms with van der Waals surface area (Å²) in [5.41, 5.74) is 1.79. The molecule has 0 radical (unpaired) electrons. The second-order valence-electron chi connectivity index (χ2n) is 5.92. The van der Waals surface area contributed by atoms with Gasteiger partial charge in [0.05, 0.1) is 6.10 Å². The van der Waals surface area contributed by atoms with E-state index in [9.17, 15) is 14.7 Å². The van der Waals surface area contributed by atoms with E-state index in [4.69, 9.17) is 0 Å². The lowest BCUT2D eigenvalue weighted by atomic mass is 10.1. The van der Waals surface area contributed by atoms with Crippen molar-refractivity contribution < 1.29 is 14.7 Å². The number of likely N-dealkylation sites (tertiary alicyclic amines) is 1. The number of carbonyl (C=O) groups excluding carboxylic acids is 2. The van der Waals surface area contributed by atoms with Crippen LogP contribution >= 0.6 is 0 Å². The standard InChI is InChI=1S/C19H20N2O3/c22-17-10-12-21(13-11-17)19(24)15-8-6-14(7-9-15)18(23)20-16-4-2-1-3-5-16/h1-9,17,22H,10-13H2,(H,20,23). The smallest absolute Gasteiger partial charge is 0.255 e. The quantitative estimate of drug-likeness (QED) is 0.911. The van der Waals surface area contributed by atoms with Crippen LogP contribution in [0.3, 0.4) is 0 Å². The Labute approximate surface area is 140 Å². The molecule has 5 nitrogen and oxygen atoms in total. The average Bonchev–Trinajstić information content (AvgIpc) is 2.63. The van der Waals surface area contributed by atoms with Crippen molar-refractivity contribution in [3.05, 3.63) is 65.7 Å². The van der Waals surface area contributed by atoms with Crippen molar-refractivity contribution >= 4 is 17.5 Å². The van der Waals surface area contributed by atoms with Gasteiger partial charge < -0.3 is 15.3 Å². The van der Waals surface area contributed by atoms with Gasteiger partial charge in [-0.3, -0.25) is 9.59 Å². The summed E-state index contributed by atoms with van der Waals surface area (Å²) in [6.45, 7) is 1.13. The minimum atomic E-state index is -0.307. The van der Waals surface area contributed by atoms with Crippen LogP contribution in [0.25, 0.3) is 0 Å². The van der Waals surface area contributed by atoms with Crippen LogP contribution in [-0.4, -0.2) is 41.0 Å². The van der Waals surface area contributed by atoms with E-state index < -0.39 is 0 Å². The maximum atomic E-state index is 12.4. The van der Waals surface area contributed by atoms with Crippen LogP contribution in [-0.2, 0) is 0 Å². The highest BCUT2D eigenvalue weighted by Gasteiger charge is 2.22. The molecule has 0 atom stereocenters. The maximum Gasteiger partial charge on any atom is 0.255 e. The SMILES string of the molecule is O=C(Nc1ccccc1)c1ccc(C(=O)N2CCC(O)CC2)cc1. The molecule has 1 heterocycles. The summed E-state index contributed by atoms with van der Waals surface area (Å²) in [7, 11) is 0. The van der Waals surface area contributed by atoms with Crippen LogP contribution < -0.4 is 5.32 Å². The number of aliphatic hydroxyl groups is 1. The van der Waals surface area contributed by atoms with Gasteiger partial charge in [-0.1, -0.05) is 18.2 Å². The molecule has 2 aromatic carbocycles. The van der Waals surface area contributed by atoms with Gasteiger partial charge in [-0.25, -0.2) is 0 Å². The first kappa shape index (κ1) is 16.2. The van der Waals surface area contributed by atoms with E-state index in [0.717, 1.165) is 5.69 Å². The monoisotopic (exact) mass is 324 g/mol. The summed E-state index contributed by atoms with van der Waals surface area (Å²) in [4.78, 5) is 26.4. The van der Waals surface area contributed by atoms with Crippen molar-refractivity contribution in [1.29, 1.82) is 0 Å². The number of nitrogens with one attached hydrogen (secondary N) is 1. The summed E-state index contributed by atoms with van der Waals surface area (Å²) >= 11 is 0. The van der Waals surface area contributed by atoms with Gasteiger partial charge in [0.15, 0.2) is 0 Å². The van der Waals surface area contributed by atoms with Gasteiger partial charge in [0.25, 0.3) is 11.8 Å². The van der Waals surface area contributed by atoms with E-state index >= 15 is 0 Å². The molecular weight excluding hydrogens is 304 g/mol. The summed E-state index contributed by atoms with van der Waals surface area (Å²) in [6.07, 6.45) is 0.921. The first-order chi connectivity index (χ1) is 11.6.